The van der Waals surface area contributed by atoms with Gasteiger partial charge in [0.2, 0.25) is 5.91 Å². The van der Waals surface area contributed by atoms with E-state index < -0.39 is 0 Å². The quantitative estimate of drug-likeness (QED) is 0.811. The first-order valence-corrected chi connectivity index (χ1v) is 6.89. The number of esters is 1. The first kappa shape index (κ1) is 14.5. The summed E-state index contributed by atoms with van der Waals surface area (Å²) in [5, 5.41) is 6.58. The Balaban J connectivity index is 1.77. The van der Waals surface area contributed by atoms with E-state index in [1.807, 2.05) is 6.92 Å². The van der Waals surface area contributed by atoms with Crippen molar-refractivity contribution < 1.29 is 14.3 Å². The van der Waals surface area contributed by atoms with Gasteiger partial charge in [0.25, 0.3) is 0 Å². The van der Waals surface area contributed by atoms with Gasteiger partial charge in [-0.2, -0.15) is 5.10 Å². The molecule has 0 aliphatic carbocycles. The molecule has 0 saturated carbocycles. The maximum atomic E-state index is 11.8. The van der Waals surface area contributed by atoms with Gasteiger partial charge < -0.3 is 9.64 Å². The fourth-order valence-corrected chi connectivity index (χ4v) is 2.30. The third kappa shape index (κ3) is 3.79. The number of ether oxygens (including phenoxy) is 1. The van der Waals surface area contributed by atoms with E-state index in [0.29, 0.717) is 18.1 Å². The summed E-state index contributed by atoms with van der Waals surface area (Å²) in [6.45, 7) is 4.45. The van der Waals surface area contributed by atoms with E-state index >= 15 is 0 Å². The van der Waals surface area contributed by atoms with Crippen LogP contribution in [0.25, 0.3) is 0 Å². The molecular formula is C13H20N4O3. The van der Waals surface area contributed by atoms with E-state index in [2.05, 4.69) is 15.2 Å². The molecule has 0 bridgehead atoms. The van der Waals surface area contributed by atoms with Crippen molar-refractivity contribution in [3.05, 3.63) is 11.6 Å². The highest BCUT2D eigenvalue weighted by Gasteiger charge is 2.25. The van der Waals surface area contributed by atoms with Gasteiger partial charge in [0.1, 0.15) is 5.82 Å². The van der Waals surface area contributed by atoms with Crippen LogP contribution in [0.3, 0.4) is 0 Å². The van der Waals surface area contributed by atoms with Crippen LogP contribution in [-0.4, -0.2) is 44.5 Å². The number of likely N-dealkylation sites (tertiary alicyclic amines) is 1. The molecule has 20 heavy (non-hydrogen) atoms. The van der Waals surface area contributed by atoms with Crippen molar-refractivity contribution in [2.45, 2.75) is 52.2 Å². The Kier molecular flexibility index (Phi) is 4.70. The second kappa shape index (κ2) is 6.49. The molecule has 110 valence electrons. The van der Waals surface area contributed by atoms with E-state index in [-0.39, 0.29) is 30.9 Å². The first-order chi connectivity index (χ1) is 9.56. The summed E-state index contributed by atoms with van der Waals surface area (Å²) in [7, 11) is 0. The standard InChI is InChI=1S/C13H20N4O3/c1-9(17-6-4-3-5-12(17)18)7-13(19)20-8-11-14-10(2)15-16-11/h9H,3-8H2,1-2H3,(H,14,15,16)/t9-/m1/s1. The van der Waals surface area contributed by atoms with Crippen molar-refractivity contribution >= 4 is 11.9 Å². The molecule has 1 aromatic rings. The lowest BCUT2D eigenvalue weighted by Crippen LogP contribution is -2.42. The zero-order valence-corrected chi connectivity index (χ0v) is 11.9. The molecule has 1 atom stereocenters. The lowest BCUT2D eigenvalue weighted by Gasteiger charge is -2.32. The van der Waals surface area contributed by atoms with Crippen LogP contribution in [0.15, 0.2) is 0 Å². The lowest BCUT2D eigenvalue weighted by molar-refractivity contribution is -0.148. The molecule has 1 N–H and O–H groups in total. The van der Waals surface area contributed by atoms with Crippen molar-refractivity contribution in [2.75, 3.05) is 6.54 Å². The number of nitrogens with zero attached hydrogens (tertiary/aromatic N) is 3. The Morgan fingerprint density at radius 3 is 2.95 bits per heavy atom. The van der Waals surface area contributed by atoms with E-state index in [1.165, 1.54) is 0 Å². The molecule has 1 saturated heterocycles. The number of carbonyl (C=O) groups excluding carboxylic acids is 2. The summed E-state index contributed by atoms with van der Waals surface area (Å²) in [5.74, 6) is 0.931. The van der Waals surface area contributed by atoms with Gasteiger partial charge >= 0.3 is 5.97 Å². The molecule has 1 amide bonds. The number of amides is 1. The van der Waals surface area contributed by atoms with E-state index in [4.69, 9.17) is 4.74 Å². The lowest BCUT2D eigenvalue weighted by atomic mass is 10.1. The number of aryl methyl sites for hydroxylation is 1. The van der Waals surface area contributed by atoms with Gasteiger partial charge in [0.15, 0.2) is 12.4 Å². The van der Waals surface area contributed by atoms with Crippen molar-refractivity contribution in [3.8, 4) is 0 Å². The smallest absolute Gasteiger partial charge is 0.308 e. The molecule has 1 fully saturated rings. The number of carbonyl (C=O) groups is 2. The second-order valence-corrected chi connectivity index (χ2v) is 5.10. The molecule has 7 nitrogen and oxygen atoms in total. The van der Waals surface area contributed by atoms with Crippen LogP contribution in [0.1, 0.15) is 44.3 Å². The SMILES string of the molecule is Cc1nc(COC(=O)C[C@@H](C)N2CCCCC2=O)n[nH]1. The van der Waals surface area contributed by atoms with Crippen molar-refractivity contribution in [3.63, 3.8) is 0 Å². The average Bonchev–Trinajstić information content (AvgIpc) is 2.82. The van der Waals surface area contributed by atoms with Gasteiger partial charge in [0.05, 0.1) is 6.42 Å². The van der Waals surface area contributed by atoms with Crippen LogP contribution in [0.2, 0.25) is 0 Å². The number of piperidine rings is 1. The van der Waals surface area contributed by atoms with E-state index in [9.17, 15) is 9.59 Å². The van der Waals surface area contributed by atoms with Gasteiger partial charge in [-0.25, -0.2) is 4.98 Å². The molecule has 1 aliphatic rings. The molecule has 1 aliphatic heterocycles. The number of nitrogens with one attached hydrogen (secondary N) is 1. The normalized spacial score (nSPS) is 17.1. The van der Waals surface area contributed by atoms with Gasteiger partial charge in [-0.05, 0) is 26.7 Å². The Bertz CT molecular complexity index is 486. The monoisotopic (exact) mass is 280 g/mol. The fourth-order valence-electron chi connectivity index (χ4n) is 2.30. The summed E-state index contributed by atoms with van der Waals surface area (Å²) < 4.78 is 5.12. The maximum absolute atomic E-state index is 11.8. The summed E-state index contributed by atoms with van der Waals surface area (Å²) >= 11 is 0. The van der Waals surface area contributed by atoms with Gasteiger partial charge in [-0.3, -0.25) is 14.7 Å². The predicted octanol–water partition coefficient (Wildman–Crippen LogP) is 0.947. The summed E-state index contributed by atoms with van der Waals surface area (Å²) in [4.78, 5) is 29.3. The Morgan fingerprint density at radius 1 is 1.50 bits per heavy atom. The summed E-state index contributed by atoms with van der Waals surface area (Å²) in [5.41, 5.74) is 0. The van der Waals surface area contributed by atoms with Crippen molar-refractivity contribution in [1.29, 1.82) is 0 Å². The van der Waals surface area contributed by atoms with Crippen LogP contribution >= 0.6 is 0 Å². The largest absolute Gasteiger partial charge is 0.457 e. The van der Waals surface area contributed by atoms with Crippen molar-refractivity contribution in [2.24, 2.45) is 0 Å². The Labute approximate surface area is 117 Å². The highest BCUT2D eigenvalue weighted by Crippen LogP contribution is 2.16. The summed E-state index contributed by atoms with van der Waals surface area (Å²) in [6.07, 6.45) is 2.73. The molecule has 2 heterocycles. The average molecular weight is 280 g/mol. The number of hydrogen-bond donors (Lipinski definition) is 1. The minimum absolute atomic E-state index is 0.0594. The van der Waals surface area contributed by atoms with Gasteiger partial charge in [-0.15, -0.1) is 0 Å². The second-order valence-electron chi connectivity index (χ2n) is 5.10. The molecular weight excluding hydrogens is 260 g/mol. The van der Waals surface area contributed by atoms with Crippen LogP contribution < -0.4 is 0 Å². The molecule has 0 aromatic carbocycles. The topological polar surface area (TPSA) is 88.2 Å². The Hall–Kier alpha value is -1.92. The number of hydrogen-bond acceptors (Lipinski definition) is 5. The fraction of sp³-hybridized carbons (Fsp3) is 0.692. The minimum atomic E-state index is -0.335. The molecule has 0 radical (unpaired) electrons. The molecule has 1 aromatic heterocycles. The van der Waals surface area contributed by atoms with Crippen LogP contribution in [0.5, 0.6) is 0 Å². The number of aromatic nitrogens is 3. The van der Waals surface area contributed by atoms with Crippen molar-refractivity contribution in [1.82, 2.24) is 20.1 Å². The Morgan fingerprint density at radius 2 is 2.30 bits per heavy atom. The number of aromatic amines is 1. The first-order valence-electron chi connectivity index (χ1n) is 6.89. The molecule has 0 unspecified atom stereocenters. The number of rotatable bonds is 5. The van der Waals surface area contributed by atoms with Crippen LogP contribution in [0.4, 0.5) is 0 Å². The predicted molar refractivity (Wildman–Crippen MR) is 70.6 cm³/mol. The van der Waals surface area contributed by atoms with Gasteiger partial charge in [-0.1, -0.05) is 0 Å². The zero-order valence-electron chi connectivity index (χ0n) is 11.9. The van der Waals surface area contributed by atoms with Crippen LogP contribution in [-0.2, 0) is 20.9 Å². The highest BCUT2D eigenvalue weighted by atomic mass is 16.5. The third-order valence-corrected chi connectivity index (χ3v) is 3.36. The molecule has 2 rings (SSSR count). The molecule has 0 spiro atoms. The minimum Gasteiger partial charge on any atom is -0.457 e. The van der Waals surface area contributed by atoms with Crippen LogP contribution in [0, 0.1) is 6.92 Å². The summed E-state index contributed by atoms with van der Waals surface area (Å²) in [6, 6.07) is -0.121. The zero-order chi connectivity index (χ0) is 14.5. The molecule has 7 heteroatoms. The maximum Gasteiger partial charge on any atom is 0.308 e. The van der Waals surface area contributed by atoms with Gasteiger partial charge in [0, 0.05) is 19.0 Å². The van der Waals surface area contributed by atoms with E-state index in [1.54, 1.807) is 11.8 Å². The van der Waals surface area contributed by atoms with E-state index in [0.717, 1.165) is 19.4 Å². The third-order valence-electron chi connectivity index (χ3n) is 3.36. The number of H-pyrrole nitrogens is 1. The highest BCUT2D eigenvalue weighted by molar-refractivity contribution is 5.78.